The zero-order valence-corrected chi connectivity index (χ0v) is 24.0. The Bertz CT molecular complexity index is 1120. The Morgan fingerprint density at radius 1 is 1.13 bits per heavy atom. The van der Waals surface area contributed by atoms with Gasteiger partial charge in [-0.2, -0.15) is 0 Å². The van der Waals surface area contributed by atoms with Crippen molar-refractivity contribution >= 4 is 17.2 Å². The van der Waals surface area contributed by atoms with Crippen LogP contribution in [0.4, 0.5) is 11.5 Å². The zero-order valence-electron chi connectivity index (χ0n) is 24.0. The maximum atomic E-state index is 4.91. The smallest absolute Gasteiger partial charge is 0.128 e. The van der Waals surface area contributed by atoms with Crippen LogP contribution in [-0.4, -0.2) is 74.7 Å². The maximum Gasteiger partial charge on any atom is 0.128 e. The van der Waals surface area contributed by atoms with Gasteiger partial charge in [0.15, 0.2) is 0 Å². The summed E-state index contributed by atoms with van der Waals surface area (Å²) in [6.45, 7) is 13.6. The molecule has 0 saturated carbocycles. The highest BCUT2D eigenvalue weighted by molar-refractivity contribution is 5.80. The highest BCUT2D eigenvalue weighted by Crippen LogP contribution is 2.35. The molecule has 38 heavy (non-hydrogen) atoms. The average Bonchev–Trinajstić information content (AvgIpc) is 2.95. The van der Waals surface area contributed by atoms with Crippen LogP contribution in [0.2, 0.25) is 0 Å². The molecular formula is C32H46N6. The number of hydrogen-bond acceptors (Lipinski definition) is 6. The van der Waals surface area contributed by atoms with Crippen molar-refractivity contribution < 1.29 is 0 Å². The number of fused-ring (bicyclic) bond motifs is 1. The zero-order chi connectivity index (χ0) is 26.9. The number of allylic oxidation sites excluding steroid dienone is 2. The molecule has 1 fully saturated rings. The molecule has 0 radical (unpaired) electrons. The summed E-state index contributed by atoms with van der Waals surface area (Å²) in [5.74, 6) is 1.07. The van der Waals surface area contributed by atoms with Crippen molar-refractivity contribution in [3.05, 3.63) is 83.1 Å². The molecule has 6 heteroatoms. The average molecular weight is 515 g/mol. The SMILES string of the molecule is C/C=C\C(=C/C)CN1CCN(c2ccc(C3C=C(NCCCN(C)C)c4ccc(CC)cc4N3)cn2)CC1. The fraction of sp³-hybridized carbons (Fsp3) is 0.469. The predicted molar refractivity (Wildman–Crippen MR) is 163 cm³/mol. The minimum atomic E-state index is 0.0928. The first-order valence-corrected chi connectivity index (χ1v) is 14.2. The normalized spacial score (nSPS) is 18.5. The van der Waals surface area contributed by atoms with Crippen LogP contribution < -0.4 is 15.5 Å². The van der Waals surface area contributed by atoms with E-state index >= 15 is 0 Å². The third kappa shape index (κ3) is 7.27. The minimum absolute atomic E-state index is 0.0928. The van der Waals surface area contributed by atoms with Crippen LogP contribution >= 0.6 is 0 Å². The van der Waals surface area contributed by atoms with Crippen LogP contribution in [-0.2, 0) is 6.42 Å². The lowest BCUT2D eigenvalue weighted by molar-refractivity contribution is 0.279. The number of hydrogen-bond donors (Lipinski definition) is 2. The van der Waals surface area contributed by atoms with E-state index in [1.54, 1.807) is 0 Å². The third-order valence-corrected chi connectivity index (χ3v) is 7.51. The summed E-state index contributed by atoms with van der Waals surface area (Å²) in [5.41, 5.74) is 7.59. The summed E-state index contributed by atoms with van der Waals surface area (Å²) >= 11 is 0. The maximum absolute atomic E-state index is 4.91. The molecule has 1 saturated heterocycles. The van der Waals surface area contributed by atoms with E-state index < -0.39 is 0 Å². The molecule has 2 aliphatic heterocycles. The first-order chi connectivity index (χ1) is 18.5. The van der Waals surface area contributed by atoms with Crippen molar-refractivity contribution in [3.8, 4) is 0 Å². The second-order valence-corrected chi connectivity index (χ2v) is 10.6. The molecule has 2 aliphatic rings. The molecule has 0 spiro atoms. The van der Waals surface area contributed by atoms with E-state index in [0.29, 0.717) is 0 Å². The van der Waals surface area contributed by atoms with Gasteiger partial charge in [0.2, 0.25) is 0 Å². The van der Waals surface area contributed by atoms with Gasteiger partial charge in [-0.15, -0.1) is 0 Å². The first kappa shape index (κ1) is 27.9. The fourth-order valence-corrected chi connectivity index (χ4v) is 5.20. The molecule has 1 aromatic carbocycles. The van der Waals surface area contributed by atoms with Crippen LogP contribution in [0.5, 0.6) is 0 Å². The summed E-state index contributed by atoms with van der Waals surface area (Å²) in [6.07, 6.45) is 13.1. The molecule has 0 bridgehead atoms. The third-order valence-electron chi connectivity index (χ3n) is 7.51. The van der Waals surface area contributed by atoms with Crippen LogP contribution in [0.25, 0.3) is 5.70 Å². The number of anilines is 2. The van der Waals surface area contributed by atoms with Crippen molar-refractivity contribution in [1.82, 2.24) is 20.1 Å². The minimum Gasteiger partial charge on any atom is -0.385 e. The molecule has 1 atom stereocenters. The molecule has 2 aromatic rings. The molecule has 4 rings (SSSR count). The van der Waals surface area contributed by atoms with Gasteiger partial charge in [-0.05, 0) is 82.2 Å². The van der Waals surface area contributed by atoms with Crippen molar-refractivity contribution in [2.24, 2.45) is 0 Å². The number of nitrogens with one attached hydrogen (secondary N) is 2. The Morgan fingerprint density at radius 2 is 1.95 bits per heavy atom. The van der Waals surface area contributed by atoms with E-state index in [4.69, 9.17) is 4.98 Å². The number of benzene rings is 1. The van der Waals surface area contributed by atoms with E-state index in [9.17, 15) is 0 Å². The number of aryl methyl sites for hydroxylation is 1. The Kier molecular flexibility index (Phi) is 10.0. The van der Waals surface area contributed by atoms with Crippen molar-refractivity contribution in [2.45, 2.75) is 39.7 Å². The molecule has 0 aliphatic carbocycles. The highest BCUT2D eigenvalue weighted by Gasteiger charge is 2.22. The Labute approximate surface area is 230 Å². The lowest BCUT2D eigenvalue weighted by Gasteiger charge is -2.35. The number of piperazine rings is 1. The molecule has 0 amide bonds. The van der Waals surface area contributed by atoms with Crippen LogP contribution in [0.1, 0.15) is 49.9 Å². The molecule has 2 N–H and O–H groups in total. The molecule has 3 heterocycles. The molecule has 6 nitrogen and oxygen atoms in total. The van der Waals surface area contributed by atoms with Gasteiger partial charge in [-0.1, -0.05) is 43.4 Å². The number of pyridine rings is 1. The van der Waals surface area contributed by atoms with Gasteiger partial charge >= 0.3 is 0 Å². The molecule has 204 valence electrons. The van der Waals surface area contributed by atoms with Crippen molar-refractivity contribution in [1.29, 1.82) is 0 Å². The van der Waals surface area contributed by atoms with Crippen LogP contribution in [0, 0.1) is 0 Å². The number of nitrogens with zero attached hydrogens (tertiary/aromatic N) is 4. The number of rotatable bonds is 11. The quantitative estimate of drug-likeness (QED) is 0.312. The lowest BCUT2D eigenvalue weighted by Crippen LogP contribution is -2.47. The number of aromatic nitrogens is 1. The summed E-state index contributed by atoms with van der Waals surface area (Å²) in [5, 5.41) is 7.49. The molecule has 1 unspecified atom stereocenters. The Morgan fingerprint density at radius 3 is 2.61 bits per heavy atom. The Hall–Kier alpha value is -3.09. The van der Waals surface area contributed by atoms with Gasteiger partial charge in [0.25, 0.3) is 0 Å². The molecule has 1 aromatic heterocycles. The van der Waals surface area contributed by atoms with Gasteiger partial charge in [-0.25, -0.2) is 4.98 Å². The topological polar surface area (TPSA) is 46.7 Å². The second-order valence-electron chi connectivity index (χ2n) is 10.6. The van der Waals surface area contributed by atoms with E-state index in [1.807, 2.05) is 0 Å². The summed E-state index contributed by atoms with van der Waals surface area (Å²) in [6, 6.07) is 11.3. The van der Waals surface area contributed by atoms with E-state index in [0.717, 1.165) is 64.5 Å². The second kappa shape index (κ2) is 13.6. The van der Waals surface area contributed by atoms with Crippen molar-refractivity contribution in [2.75, 3.05) is 70.1 Å². The molecular weight excluding hydrogens is 468 g/mol. The Balaban J connectivity index is 1.43. The predicted octanol–water partition coefficient (Wildman–Crippen LogP) is 5.34. The van der Waals surface area contributed by atoms with Gasteiger partial charge in [0.05, 0.1) is 6.04 Å². The van der Waals surface area contributed by atoms with Crippen LogP contribution in [0.15, 0.2) is 66.4 Å². The van der Waals surface area contributed by atoms with E-state index in [-0.39, 0.29) is 6.04 Å². The van der Waals surface area contributed by atoms with Crippen LogP contribution in [0.3, 0.4) is 0 Å². The largest absolute Gasteiger partial charge is 0.385 e. The lowest BCUT2D eigenvalue weighted by atomic mass is 9.96. The van der Waals surface area contributed by atoms with E-state index in [1.165, 1.54) is 33.6 Å². The monoisotopic (exact) mass is 514 g/mol. The van der Waals surface area contributed by atoms with E-state index in [2.05, 4.69) is 121 Å². The summed E-state index contributed by atoms with van der Waals surface area (Å²) < 4.78 is 0. The standard InChI is InChI=1S/C32H46N6/c1-6-10-26(8-3)24-37-17-19-38(20-18-37)32-14-12-27(23-34-32)29-22-30(33-15-9-16-36(4)5)28-13-11-25(7-2)21-31(28)35-29/h6,8,10-14,21-23,29,33,35H,7,9,15-20,24H2,1-5H3/b10-6-,26-8+. The highest BCUT2D eigenvalue weighted by atomic mass is 15.3. The first-order valence-electron chi connectivity index (χ1n) is 14.2. The van der Waals surface area contributed by atoms with Gasteiger partial charge in [0.1, 0.15) is 5.82 Å². The van der Waals surface area contributed by atoms with Crippen molar-refractivity contribution in [3.63, 3.8) is 0 Å². The summed E-state index contributed by atoms with van der Waals surface area (Å²) in [7, 11) is 4.26. The fourth-order valence-electron chi connectivity index (χ4n) is 5.20. The van der Waals surface area contributed by atoms with Gasteiger partial charge < -0.3 is 20.4 Å². The summed E-state index contributed by atoms with van der Waals surface area (Å²) in [4.78, 5) is 12.1. The van der Waals surface area contributed by atoms with Gasteiger partial charge in [-0.3, -0.25) is 4.90 Å². The van der Waals surface area contributed by atoms with Gasteiger partial charge in [0, 0.05) is 62.4 Å².